The lowest BCUT2D eigenvalue weighted by Gasteiger charge is -2.29. The predicted molar refractivity (Wildman–Crippen MR) is 81.9 cm³/mol. The Bertz CT molecular complexity index is 703. The zero-order valence-corrected chi connectivity index (χ0v) is 12.3. The van der Waals surface area contributed by atoms with Crippen molar-refractivity contribution in [2.75, 3.05) is 7.11 Å². The molecule has 0 saturated heterocycles. The van der Waals surface area contributed by atoms with Crippen molar-refractivity contribution < 1.29 is 19.7 Å². The summed E-state index contributed by atoms with van der Waals surface area (Å²) >= 11 is 1.65. The number of aliphatic hydroxyl groups excluding tert-OH is 2. The molecule has 110 valence electrons. The Balaban J connectivity index is 2.03. The van der Waals surface area contributed by atoms with Crippen molar-refractivity contribution in [3.05, 3.63) is 41.3 Å². The molecule has 5 heteroatoms. The summed E-state index contributed by atoms with van der Waals surface area (Å²) in [5.41, 5.74) is 1.40. The summed E-state index contributed by atoms with van der Waals surface area (Å²) in [4.78, 5) is 11.7. The maximum absolute atomic E-state index is 11.7. The van der Waals surface area contributed by atoms with Gasteiger partial charge in [-0.2, -0.15) is 0 Å². The lowest BCUT2D eigenvalue weighted by Crippen LogP contribution is -2.35. The second kappa shape index (κ2) is 5.60. The van der Waals surface area contributed by atoms with Crippen LogP contribution in [-0.4, -0.2) is 35.5 Å². The topological polar surface area (TPSA) is 66.8 Å². The van der Waals surface area contributed by atoms with E-state index in [0.717, 1.165) is 15.6 Å². The number of thiophene rings is 1. The molecule has 2 unspecified atom stereocenters. The molecule has 1 aromatic carbocycles. The minimum absolute atomic E-state index is 0.179. The van der Waals surface area contributed by atoms with Crippen LogP contribution in [0.3, 0.4) is 0 Å². The molecule has 3 rings (SSSR count). The Hall–Kier alpha value is -1.69. The smallest absolute Gasteiger partial charge is 0.312 e. The molecule has 0 amide bonds. The van der Waals surface area contributed by atoms with Crippen molar-refractivity contribution >= 4 is 33.0 Å². The molecule has 4 nitrogen and oxygen atoms in total. The molecule has 21 heavy (non-hydrogen) atoms. The number of hydrogen-bond donors (Lipinski definition) is 2. The van der Waals surface area contributed by atoms with Crippen LogP contribution < -0.4 is 0 Å². The van der Waals surface area contributed by atoms with Gasteiger partial charge in [0.25, 0.3) is 0 Å². The quantitative estimate of drug-likeness (QED) is 0.835. The molecule has 2 N–H and O–H groups in total. The highest BCUT2D eigenvalue weighted by atomic mass is 32.1. The van der Waals surface area contributed by atoms with E-state index in [1.165, 1.54) is 7.11 Å². The van der Waals surface area contributed by atoms with Crippen LogP contribution in [0, 0.1) is 5.92 Å². The third kappa shape index (κ3) is 2.60. The number of methoxy groups -OCH3 is 1. The number of esters is 1. The van der Waals surface area contributed by atoms with E-state index in [4.69, 9.17) is 4.74 Å². The van der Waals surface area contributed by atoms with E-state index in [2.05, 4.69) is 0 Å². The first kappa shape index (κ1) is 14.3. The molecule has 1 aliphatic carbocycles. The van der Waals surface area contributed by atoms with Gasteiger partial charge in [-0.1, -0.05) is 12.1 Å². The highest BCUT2D eigenvalue weighted by molar-refractivity contribution is 7.17. The van der Waals surface area contributed by atoms with E-state index >= 15 is 0 Å². The molecular weight excluding hydrogens is 288 g/mol. The van der Waals surface area contributed by atoms with Crippen molar-refractivity contribution in [2.24, 2.45) is 5.92 Å². The van der Waals surface area contributed by atoms with Gasteiger partial charge in [0.05, 0.1) is 19.1 Å². The van der Waals surface area contributed by atoms with Crippen LogP contribution >= 0.6 is 11.3 Å². The van der Waals surface area contributed by atoms with Crippen LogP contribution in [0.2, 0.25) is 0 Å². The summed E-state index contributed by atoms with van der Waals surface area (Å²) < 4.78 is 5.90. The number of benzene rings is 1. The summed E-state index contributed by atoms with van der Waals surface area (Å²) in [7, 11) is 1.32. The zero-order chi connectivity index (χ0) is 15.0. The van der Waals surface area contributed by atoms with Crippen molar-refractivity contribution in [3.63, 3.8) is 0 Å². The van der Waals surface area contributed by atoms with E-state index in [1.54, 1.807) is 17.4 Å². The number of aliphatic hydroxyl groups is 2. The standard InChI is InChI=1S/C16H16O4S/c1-20-16(19)11-7-12(15(18)13(17)8-11)9-2-3-14-10(6-9)4-5-21-14/h2-7,11,13,15,17-18H,8H2,1H3/t11?,13?,15-/m1/s1. The number of carbonyl (C=O) groups excluding carboxylic acids is 1. The van der Waals surface area contributed by atoms with Gasteiger partial charge >= 0.3 is 5.97 Å². The summed E-state index contributed by atoms with van der Waals surface area (Å²) in [6.07, 6.45) is -0.0660. The first-order valence-electron chi connectivity index (χ1n) is 6.73. The van der Waals surface area contributed by atoms with Crippen LogP contribution in [0.5, 0.6) is 0 Å². The molecule has 0 radical (unpaired) electrons. The molecule has 3 atom stereocenters. The van der Waals surface area contributed by atoms with Gasteiger partial charge in [0.1, 0.15) is 6.10 Å². The van der Waals surface area contributed by atoms with E-state index in [9.17, 15) is 15.0 Å². The molecule has 1 heterocycles. The van der Waals surface area contributed by atoms with E-state index in [-0.39, 0.29) is 6.42 Å². The molecule has 0 fully saturated rings. The monoisotopic (exact) mass is 304 g/mol. The van der Waals surface area contributed by atoms with Gasteiger partial charge < -0.3 is 14.9 Å². The van der Waals surface area contributed by atoms with Crippen molar-refractivity contribution in [1.82, 2.24) is 0 Å². The molecule has 0 aliphatic heterocycles. The third-order valence-corrected chi connectivity index (χ3v) is 4.75. The highest BCUT2D eigenvalue weighted by Gasteiger charge is 2.33. The van der Waals surface area contributed by atoms with Gasteiger partial charge in [0.2, 0.25) is 0 Å². The van der Waals surface area contributed by atoms with Crippen LogP contribution in [-0.2, 0) is 9.53 Å². The molecule has 2 aromatic rings. The summed E-state index contributed by atoms with van der Waals surface area (Å²) in [6, 6.07) is 7.86. The Kier molecular flexibility index (Phi) is 3.80. The summed E-state index contributed by atoms with van der Waals surface area (Å²) in [5.74, 6) is -0.920. The number of carbonyl (C=O) groups is 1. The van der Waals surface area contributed by atoms with Gasteiger partial charge in [-0.05, 0) is 46.5 Å². The van der Waals surface area contributed by atoms with E-state index in [0.29, 0.717) is 5.57 Å². The van der Waals surface area contributed by atoms with Gasteiger partial charge in [0, 0.05) is 4.70 Å². The lowest BCUT2D eigenvalue weighted by molar-refractivity contribution is -0.145. The van der Waals surface area contributed by atoms with Crippen LogP contribution in [0.15, 0.2) is 35.7 Å². The average Bonchev–Trinajstić information content (AvgIpc) is 2.96. The number of rotatable bonds is 2. The van der Waals surface area contributed by atoms with Crippen LogP contribution in [0.25, 0.3) is 15.7 Å². The van der Waals surface area contributed by atoms with Crippen LogP contribution in [0.4, 0.5) is 0 Å². The second-order valence-electron chi connectivity index (χ2n) is 5.17. The molecular formula is C16H16O4S. The van der Waals surface area contributed by atoms with Crippen molar-refractivity contribution in [3.8, 4) is 0 Å². The first-order valence-corrected chi connectivity index (χ1v) is 7.61. The fraction of sp³-hybridized carbons (Fsp3) is 0.312. The van der Waals surface area contributed by atoms with Gasteiger partial charge in [0.15, 0.2) is 0 Å². The normalized spacial score (nSPS) is 25.7. The van der Waals surface area contributed by atoms with E-state index in [1.807, 2.05) is 29.6 Å². The average molecular weight is 304 g/mol. The predicted octanol–water partition coefficient (Wildman–Crippen LogP) is 2.20. The Morgan fingerprint density at radius 1 is 1.33 bits per heavy atom. The largest absolute Gasteiger partial charge is 0.469 e. The highest BCUT2D eigenvalue weighted by Crippen LogP contribution is 2.33. The Labute approximate surface area is 126 Å². The third-order valence-electron chi connectivity index (χ3n) is 3.85. The summed E-state index contributed by atoms with van der Waals surface area (Å²) in [6.45, 7) is 0. The SMILES string of the molecule is COC(=O)C1C=C(c2ccc3sccc3c2)[C@@H](O)C(O)C1. The van der Waals surface area contributed by atoms with Gasteiger partial charge in [-0.15, -0.1) is 11.3 Å². The fourth-order valence-electron chi connectivity index (χ4n) is 2.71. The van der Waals surface area contributed by atoms with E-state index < -0.39 is 24.1 Å². The summed E-state index contributed by atoms with van der Waals surface area (Å²) in [5, 5.41) is 23.3. The molecule has 1 aromatic heterocycles. The molecule has 0 saturated carbocycles. The number of fused-ring (bicyclic) bond motifs is 1. The maximum atomic E-state index is 11.7. The maximum Gasteiger partial charge on any atom is 0.312 e. The zero-order valence-electron chi connectivity index (χ0n) is 11.5. The molecule has 1 aliphatic rings. The number of hydrogen-bond acceptors (Lipinski definition) is 5. The van der Waals surface area contributed by atoms with Gasteiger partial charge in [-0.3, -0.25) is 4.79 Å². The van der Waals surface area contributed by atoms with Crippen molar-refractivity contribution in [1.29, 1.82) is 0 Å². The molecule has 0 bridgehead atoms. The number of ether oxygens (including phenoxy) is 1. The first-order chi connectivity index (χ1) is 10.1. The fourth-order valence-corrected chi connectivity index (χ4v) is 3.48. The second-order valence-corrected chi connectivity index (χ2v) is 6.12. The Morgan fingerprint density at radius 3 is 2.90 bits per heavy atom. The molecule has 0 spiro atoms. The van der Waals surface area contributed by atoms with Gasteiger partial charge in [-0.25, -0.2) is 0 Å². The minimum atomic E-state index is -0.984. The van der Waals surface area contributed by atoms with Crippen LogP contribution in [0.1, 0.15) is 12.0 Å². The Morgan fingerprint density at radius 2 is 2.14 bits per heavy atom. The van der Waals surface area contributed by atoms with Crippen molar-refractivity contribution in [2.45, 2.75) is 18.6 Å². The lowest BCUT2D eigenvalue weighted by atomic mass is 9.83. The minimum Gasteiger partial charge on any atom is -0.469 e.